The Morgan fingerprint density at radius 3 is 2.85 bits per heavy atom. The molecule has 0 unspecified atom stereocenters. The maximum absolute atomic E-state index is 12.2. The Hall–Kier alpha value is -3.06. The molecule has 1 aliphatic rings. The van der Waals surface area contributed by atoms with E-state index in [0.29, 0.717) is 23.5 Å². The molecule has 3 aromatic rings. The van der Waals surface area contributed by atoms with Gasteiger partial charge in [-0.2, -0.15) is 5.26 Å². The molecular formula is C17H18N8OS. The third-order valence-corrected chi connectivity index (χ3v) is 5.82. The van der Waals surface area contributed by atoms with Crippen molar-refractivity contribution in [3.63, 3.8) is 0 Å². The van der Waals surface area contributed by atoms with E-state index in [1.165, 1.54) is 11.3 Å². The zero-order valence-electron chi connectivity index (χ0n) is 14.5. The lowest BCUT2D eigenvalue weighted by molar-refractivity contribution is 0.330. The third-order valence-electron chi connectivity index (χ3n) is 4.94. The van der Waals surface area contributed by atoms with Gasteiger partial charge in [0.15, 0.2) is 5.82 Å². The molecule has 3 aromatic heterocycles. The van der Waals surface area contributed by atoms with Gasteiger partial charge in [-0.05, 0) is 53.5 Å². The smallest absolute Gasteiger partial charge is 0.270 e. The molecule has 1 saturated carbocycles. The Labute approximate surface area is 158 Å². The Morgan fingerprint density at radius 2 is 2.19 bits per heavy atom. The molecule has 1 aliphatic carbocycles. The second-order valence-corrected chi connectivity index (χ2v) is 7.56. The van der Waals surface area contributed by atoms with E-state index < -0.39 is 5.56 Å². The highest BCUT2D eigenvalue weighted by Crippen LogP contribution is 2.34. The van der Waals surface area contributed by atoms with Crippen molar-refractivity contribution in [2.45, 2.75) is 31.6 Å². The fourth-order valence-corrected chi connectivity index (χ4v) is 4.19. The molecule has 9 nitrogen and oxygen atoms in total. The normalized spacial score (nSPS) is 19.5. The van der Waals surface area contributed by atoms with Gasteiger partial charge in [0.1, 0.15) is 17.3 Å². The minimum absolute atomic E-state index is 0.0455. The van der Waals surface area contributed by atoms with Crippen molar-refractivity contribution in [1.82, 2.24) is 30.6 Å². The molecule has 0 aliphatic heterocycles. The number of hydrogen-bond donors (Lipinski definition) is 3. The highest BCUT2D eigenvalue weighted by Gasteiger charge is 2.24. The first-order valence-electron chi connectivity index (χ1n) is 8.80. The number of nitrogens with zero attached hydrogens (tertiary/aromatic N) is 5. The van der Waals surface area contributed by atoms with Gasteiger partial charge in [0.25, 0.3) is 5.56 Å². The third kappa shape index (κ3) is 3.73. The van der Waals surface area contributed by atoms with Crippen LogP contribution in [0.15, 0.2) is 22.3 Å². The lowest BCUT2D eigenvalue weighted by Gasteiger charge is -2.27. The molecule has 3 N–H and O–H groups in total. The van der Waals surface area contributed by atoms with Gasteiger partial charge in [-0.1, -0.05) is 6.07 Å². The van der Waals surface area contributed by atoms with Crippen molar-refractivity contribution < 1.29 is 0 Å². The standard InChI is InChI=1S/C17H18N8OS/c18-8-12-14(13-2-1-7-27-13)20-17(21-16(12)26)19-9-10-3-5-11(6-4-10)15-22-24-25-23-15/h1-2,7,10-11H,3-6,9H2,(H2,19,20,21,26)(H,22,23,24,25)/t10-,11-. The van der Waals surface area contributed by atoms with E-state index in [9.17, 15) is 10.1 Å². The maximum Gasteiger partial charge on any atom is 0.270 e. The lowest BCUT2D eigenvalue weighted by Crippen LogP contribution is -2.23. The predicted octanol–water partition coefficient (Wildman–Crippen LogP) is 2.27. The summed E-state index contributed by atoms with van der Waals surface area (Å²) >= 11 is 1.45. The first kappa shape index (κ1) is 17.4. The predicted molar refractivity (Wildman–Crippen MR) is 100 cm³/mol. The summed E-state index contributed by atoms with van der Waals surface area (Å²) in [6.45, 7) is 0.722. The van der Waals surface area contributed by atoms with E-state index in [1.54, 1.807) is 0 Å². The number of nitrogens with one attached hydrogen (secondary N) is 3. The van der Waals surface area contributed by atoms with Crippen LogP contribution in [0.4, 0.5) is 5.95 Å². The molecular weight excluding hydrogens is 364 g/mol. The van der Waals surface area contributed by atoms with Gasteiger partial charge in [-0.25, -0.2) is 10.1 Å². The molecule has 0 atom stereocenters. The molecule has 0 spiro atoms. The number of thiophene rings is 1. The molecule has 0 radical (unpaired) electrons. The zero-order valence-corrected chi connectivity index (χ0v) is 15.3. The number of tetrazole rings is 1. The van der Waals surface area contributed by atoms with Crippen LogP contribution >= 0.6 is 11.3 Å². The highest BCUT2D eigenvalue weighted by atomic mass is 32.1. The van der Waals surface area contributed by atoms with E-state index in [4.69, 9.17) is 0 Å². The van der Waals surface area contributed by atoms with E-state index in [-0.39, 0.29) is 5.56 Å². The number of aromatic nitrogens is 6. The van der Waals surface area contributed by atoms with Crippen LogP contribution in [0, 0.1) is 17.2 Å². The maximum atomic E-state index is 12.2. The second kappa shape index (κ2) is 7.67. The number of anilines is 1. The quantitative estimate of drug-likeness (QED) is 0.615. The van der Waals surface area contributed by atoms with E-state index in [1.807, 2.05) is 23.6 Å². The van der Waals surface area contributed by atoms with Crippen LogP contribution in [-0.2, 0) is 0 Å². The molecule has 0 bridgehead atoms. The summed E-state index contributed by atoms with van der Waals surface area (Å²) in [4.78, 5) is 20.2. The van der Waals surface area contributed by atoms with Crippen molar-refractivity contribution in [2.75, 3.05) is 11.9 Å². The number of hydrogen-bond acceptors (Lipinski definition) is 8. The highest BCUT2D eigenvalue weighted by molar-refractivity contribution is 7.13. The Balaban J connectivity index is 1.42. The van der Waals surface area contributed by atoms with Crippen LogP contribution in [-0.4, -0.2) is 37.1 Å². The summed E-state index contributed by atoms with van der Waals surface area (Å²) in [5, 5.41) is 28.6. The molecule has 0 saturated heterocycles. The molecule has 1 fully saturated rings. The van der Waals surface area contributed by atoms with Crippen LogP contribution < -0.4 is 10.9 Å². The average molecular weight is 382 g/mol. The summed E-state index contributed by atoms with van der Waals surface area (Å²) < 4.78 is 0. The molecule has 3 heterocycles. The minimum atomic E-state index is -0.417. The summed E-state index contributed by atoms with van der Waals surface area (Å²) in [5.41, 5.74) is 0.0596. The van der Waals surface area contributed by atoms with Gasteiger partial charge in [-0.15, -0.1) is 16.4 Å². The van der Waals surface area contributed by atoms with Crippen molar-refractivity contribution >= 4 is 17.3 Å². The summed E-state index contributed by atoms with van der Waals surface area (Å²) in [6.07, 6.45) is 4.16. The number of rotatable bonds is 5. The van der Waals surface area contributed by atoms with Crippen molar-refractivity contribution in [3.8, 4) is 16.6 Å². The van der Waals surface area contributed by atoms with Crippen LogP contribution in [0.25, 0.3) is 10.6 Å². The molecule has 27 heavy (non-hydrogen) atoms. The SMILES string of the molecule is N#Cc1c(-c2cccs2)nc(NC[C@H]2CC[C@H](c3nnn[nH]3)CC2)[nH]c1=O. The van der Waals surface area contributed by atoms with Gasteiger partial charge >= 0.3 is 0 Å². The van der Waals surface area contributed by atoms with E-state index in [2.05, 4.69) is 35.9 Å². The fourth-order valence-electron chi connectivity index (χ4n) is 3.47. The Bertz CT molecular complexity index is 981. The van der Waals surface area contributed by atoms with Gasteiger partial charge in [0.2, 0.25) is 5.95 Å². The Kier molecular flexibility index (Phi) is 4.93. The van der Waals surface area contributed by atoms with Crippen molar-refractivity contribution in [2.24, 2.45) is 5.92 Å². The molecule has 138 valence electrons. The molecule has 0 amide bonds. The topological polar surface area (TPSA) is 136 Å². The number of aromatic amines is 2. The van der Waals surface area contributed by atoms with Crippen LogP contribution in [0.3, 0.4) is 0 Å². The minimum Gasteiger partial charge on any atom is -0.355 e. The number of H-pyrrole nitrogens is 2. The van der Waals surface area contributed by atoms with Gasteiger partial charge < -0.3 is 5.32 Å². The van der Waals surface area contributed by atoms with Gasteiger partial charge in [0, 0.05) is 12.5 Å². The summed E-state index contributed by atoms with van der Waals surface area (Å²) in [6, 6.07) is 5.69. The van der Waals surface area contributed by atoms with Gasteiger partial charge in [0.05, 0.1) is 4.88 Å². The Morgan fingerprint density at radius 1 is 1.33 bits per heavy atom. The zero-order chi connectivity index (χ0) is 18.6. The number of nitriles is 1. The van der Waals surface area contributed by atoms with Crippen molar-refractivity contribution in [3.05, 3.63) is 39.3 Å². The average Bonchev–Trinajstić information content (AvgIpc) is 3.40. The molecule has 10 heteroatoms. The lowest BCUT2D eigenvalue weighted by atomic mass is 9.81. The van der Waals surface area contributed by atoms with Crippen molar-refractivity contribution in [1.29, 1.82) is 5.26 Å². The first-order valence-corrected chi connectivity index (χ1v) is 9.68. The van der Waals surface area contributed by atoms with Crippen LogP contribution in [0.1, 0.15) is 43.0 Å². The van der Waals surface area contributed by atoms with E-state index in [0.717, 1.165) is 42.9 Å². The molecule has 4 rings (SSSR count). The summed E-state index contributed by atoms with van der Waals surface area (Å²) in [7, 11) is 0. The van der Waals surface area contributed by atoms with E-state index >= 15 is 0 Å². The summed E-state index contributed by atoms with van der Waals surface area (Å²) in [5.74, 6) is 2.14. The first-order chi connectivity index (χ1) is 13.2. The largest absolute Gasteiger partial charge is 0.355 e. The van der Waals surface area contributed by atoms with Crippen LogP contribution in [0.2, 0.25) is 0 Å². The van der Waals surface area contributed by atoms with Crippen LogP contribution in [0.5, 0.6) is 0 Å². The molecule has 0 aromatic carbocycles. The monoisotopic (exact) mass is 382 g/mol. The van der Waals surface area contributed by atoms with Gasteiger partial charge in [-0.3, -0.25) is 9.78 Å². The second-order valence-electron chi connectivity index (χ2n) is 6.61. The fraction of sp³-hybridized carbons (Fsp3) is 0.412.